The van der Waals surface area contributed by atoms with E-state index in [0.29, 0.717) is 28.4 Å². The molecule has 6 rings (SSSR count). The number of ether oxygens (including phenoxy) is 2. The molecule has 4 aromatic carbocycles. The standard InChI is InChI=1S/C42H48Cl4N6O2.4ClH/c1-5-51(21-17-43)20-16-37(50-42-32-12-8-28(46)24-39(32)49-36-14-10-30(54-4)26-34(36)42)40(52(6-2)22-18-44)15-19-47-41-31-11-7-27(45)23-38(31)48-35-13-9-29(53-3)25-33(35)41;;;;/h7-14,23-26,37,40H,5-6,15-22H2,1-4H3,(H,47,48)(H,49,50);4*1H. The lowest BCUT2D eigenvalue weighted by Gasteiger charge is -2.39. The summed E-state index contributed by atoms with van der Waals surface area (Å²) >= 11 is 25.7. The molecular formula is C42H52Cl8N6O2. The zero-order valence-electron chi connectivity index (χ0n) is 32.9. The molecule has 6 aromatic rings. The molecule has 0 radical (unpaired) electrons. The molecule has 0 spiro atoms. The molecule has 0 saturated carbocycles. The van der Waals surface area contributed by atoms with Gasteiger partial charge in [-0.3, -0.25) is 4.90 Å². The second kappa shape index (κ2) is 24.8. The van der Waals surface area contributed by atoms with Gasteiger partial charge in [0.2, 0.25) is 0 Å². The van der Waals surface area contributed by atoms with Crippen molar-refractivity contribution in [2.24, 2.45) is 0 Å². The third-order valence-corrected chi connectivity index (χ3v) is 11.1. The fourth-order valence-corrected chi connectivity index (χ4v) is 8.25. The van der Waals surface area contributed by atoms with Gasteiger partial charge < -0.3 is 25.0 Å². The molecule has 0 fully saturated rings. The monoisotopic (exact) mass is 952 g/mol. The van der Waals surface area contributed by atoms with E-state index in [1.807, 2.05) is 60.7 Å². The van der Waals surface area contributed by atoms with E-state index in [2.05, 4.69) is 46.4 Å². The normalized spacial score (nSPS) is 12.1. The predicted octanol–water partition coefficient (Wildman–Crippen LogP) is 12.3. The maximum Gasteiger partial charge on any atom is 0.119 e. The van der Waals surface area contributed by atoms with Crippen LogP contribution in [0, 0.1) is 0 Å². The Hall–Kier alpha value is -2.34. The maximum atomic E-state index is 6.52. The van der Waals surface area contributed by atoms with E-state index in [0.717, 1.165) is 112 Å². The molecule has 0 amide bonds. The molecule has 8 nitrogen and oxygen atoms in total. The molecule has 0 aliphatic heterocycles. The zero-order chi connectivity index (χ0) is 38.2. The highest BCUT2D eigenvalue weighted by atomic mass is 35.5. The molecule has 16 heteroatoms. The molecular weight excluding hydrogens is 904 g/mol. The quantitative estimate of drug-likeness (QED) is 0.0614. The van der Waals surface area contributed by atoms with Crippen molar-refractivity contribution < 1.29 is 9.47 Å². The third kappa shape index (κ3) is 12.2. The van der Waals surface area contributed by atoms with Crippen LogP contribution in [0.3, 0.4) is 0 Å². The summed E-state index contributed by atoms with van der Waals surface area (Å²) in [5.74, 6) is 2.64. The van der Waals surface area contributed by atoms with Gasteiger partial charge in [0.05, 0.1) is 47.7 Å². The van der Waals surface area contributed by atoms with Crippen molar-refractivity contribution in [1.82, 2.24) is 19.8 Å². The lowest BCUT2D eigenvalue weighted by Crippen LogP contribution is -2.50. The average Bonchev–Trinajstić information content (AvgIpc) is 3.18. The molecule has 2 atom stereocenters. The Balaban J connectivity index is 0.00000290. The predicted molar refractivity (Wildman–Crippen MR) is 260 cm³/mol. The number of hydrogen-bond acceptors (Lipinski definition) is 8. The van der Waals surface area contributed by atoms with Crippen molar-refractivity contribution in [3.05, 3.63) is 82.8 Å². The van der Waals surface area contributed by atoms with Crippen LogP contribution in [0.4, 0.5) is 11.4 Å². The number of aromatic nitrogens is 2. The van der Waals surface area contributed by atoms with E-state index in [9.17, 15) is 0 Å². The minimum atomic E-state index is 0. The van der Waals surface area contributed by atoms with E-state index in [-0.39, 0.29) is 61.7 Å². The Morgan fingerprint density at radius 1 is 0.603 bits per heavy atom. The SMILES string of the molecule is CCN(CCCl)CCC(Nc1c2ccc(Cl)cc2nc2ccc(OC)cc12)C(CCNc1c2ccc(Cl)cc2nc2ccc(OC)cc12)N(CC)CCCl.Cl.Cl.Cl.Cl. The molecule has 318 valence electrons. The van der Waals surface area contributed by atoms with Crippen LogP contribution < -0.4 is 20.1 Å². The Kier molecular flexibility index (Phi) is 22.2. The van der Waals surface area contributed by atoms with E-state index in [1.54, 1.807) is 14.2 Å². The molecule has 0 aliphatic rings. The molecule has 2 unspecified atom stereocenters. The molecule has 0 saturated heterocycles. The number of halogens is 8. The number of hydrogen-bond donors (Lipinski definition) is 2. The van der Waals surface area contributed by atoms with Crippen LogP contribution >= 0.6 is 96.0 Å². The van der Waals surface area contributed by atoms with E-state index >= 15 is 0 Å². The minimum absolute atomic E-state index is 0. The first-order valence-corrected chi connectivity index (χ1v) is 20.4. The number of benzene rings is 4. The first-order valence-electron chi connectivity index (χ1n) is 18.5. The summed E-state index contributed by atoms with van der Waals surface area (Å²) in [6.45, 7) is 9.29. The number of nitrogens with zero attached hydrogens (tertiary/aromatic N) is 4. The summed E-state index contributed by atoms with van der Waals surface area (Å²) in [6, 6.07) is 23.9. The number of alkyl halides is 2. The third-order valence-electron chi connectivity index (χ3n) is 10.3. The van der Waals surface area contributed by atoms with Gasteiger partial charge in [-0.1, -0.05) is 37.0 Å². The lowest BCUT2D eigenvalue weighted by atomic mass is 9.96. The van der Waals surface area contributed by atoms with Crippen molar-refractivity contribution >= 4 is 151 Å². The van der Waals surface area contributed by atoms with Crippen LogP contribution in [0.2, 0.25) is 10.0 Å². The average molecular weight is 957 g/mol. The van der Waals surface area contributed by atoms with Crippen LogP contribution in [-0.2, 0) is 0 Å². The number of pyridine rings is 2. The highest BCUT2D eigenvalue weighted by Gasteiger charge is 2.29. The molecule has 0 aliphatic carbocycles. The van der Waals surface area contributed by atoms with Gasteiger partial charge in [0.15, 0.2) is 0 Å². The number of likely N-dealkylation sites (N-methyl/N-ethyl adjacent to an activating group) is 1. The van der Waals surface area contributed by atoms with Crippen LogP contribution in [0.15, 0.2) is 72.8 Å². The first kappa shape index (κ1) is 51.8. The fraction of sp³-hybridized carbons (Fsp3) is 0.381. The molecule has 2 heterocycles. The van der Waals surface area contributed by atoms with Gasteiger partial charge in [-0.25, -0.2) is 9.97 Å². The van der Waals surface area contributed by atoms with Gasteiger partial charge in [-0.05, 0) is 98.7 Å². The molecule has 58 heavy (non-hydrogen) atoms. The van der Waals surface area contributed by atoms with Gasteiger partial charge in [0.1, 0.15) is 11.5 Å². The van der Waals surface area contributed by atoms with E-state index < -0.39 is 0 Å². The Morgan fingerprint density at radius 3 is 1.64 bits per heavy atom. The summed E-state index contributed by atoms with van der Waals surface area (Å²) in [5.41, 5.74) is 5.41. The second-order valence-electron chi connectivity index (χ2n) is 13.3. The van der Waals surface area contributed by atoms with Gasteiger partial charge in [-0.15, -0.1) is 72.8 Å². The molecule has 2 aromatic heterocycles. The maximum absolute atomic E-state index is 6.52. The zero-order valence-corrected chi connectivity index (χ0v) is 39.2. The highest BCUT2D eigenvalue weighted by molar-refractivity contribution is 6.32. The van der Waals surface area contributed by atoms with Crippen LogP contribution in [-0.4, -0.2) is 97.1 Å². The lowest BCUT2D eigenvalue weighted by molar-refractivity contribution is 0.175. The minimum Gasteiger partial charge on any atom is -0.497 e. The number of anilines is 2. The first-order chi connectivity index (χ1) is 26.3. The van der Waals surface area contributed by atoms with E-state index in [4.69, 9.17) is 65.8 Å². The molecule has 0 bridgehead atoms. The van der Waals surface area contributed by atoms with Crippen LogP contribution in [0.25, 0.3) is 43.6 Å². The number of fused-ring (bicyclic) bond motifs is 4. The smallest absolute Gasteiger partial charge is 0.119 e. The summed E-state index contributed by atoms with van der Waals surface area (Å²) < 4.78 is 11.3. The van der Waals surface area contributed by atoms with Crippen molar-refractivity contribution in [2.75, 3.05) is 75.9 Å². The summed E-state index contributed by atoms with van der Waals surface area (Å²) in [4.78, 5) is 14.9. The van der Waals surface area contributed by atoms with Gasteiger partial charge >= 0.3 is 0 Å². The van der Waals surface area contributed by atoms with E-state index in [1.165, 1.54) is 0 Å². The molecule has 2 N–H and O–H groups in total. The van der Waals surface area contributed by atoms with Crippen LogP contribution in [0.1, 0.15) is 26.7 Å². The topological polar surface area (TPSA) is 74.8 Å². The Morgan fingerprint density at radius 2 is 1.14 bits per heavy atom. The highest BCUT2D eigenvalue weighted by Crippen LogP contribution is 2.37. The fourth-order valence-electron chi connectivity index (χ4n) is 7.46. The summed E-state index contributed by atoms with van der Waals surface area (Å²) in [5, 5.41) is 13.2. The van der Waals surface area contributed by atoms with Crippen molar-refractivity contribution in [2.45, 2.75) is 38.8 Å². The summed E-state index contributed by atoms with van der Waals surface area (Å²) in [7, 11) is 3.37. The second-order valence-corrected chi connectivity index (χ2v) is 15.0. The van der Waals surface area contributed by atoms with Crippen molar-refractivity contribution in [1.29, 1.82) is 0 Å². The van der Waals surface area contributed by atoms with Crippen LogP contribution in [0.5, 0.6) is 11.5 Å². The van der Waals surface area contributed by atoms with Gasteiger partial charge in [0, 0.05) is 81.6 Å². The largest absolute Gasteiger partial charge is 0.497 e. The number of methoxy groups -OCH3 is 2. The summed E-state index contributed by atoms with van der Waals surface area (Å²) in [6.07, 6.45) is 1.69. The number of nitrogens with one attached hydrogen (secondary N) is 2. The van der Waals surface area contributed by atoms with Crippen molar-refractivity contribution in [3.8, 4) is 11.5 Å². The van der Waals surface area contributed by atoms with Gasteiger partial charge in [-0.2, -0.15) is 0 Å². The Labute approximate surface area is 386 Å². The van der Waals surface area contributed by atoms with Crippen molar-refractivity contribution in [3.63, 3.8) is 0 Å². The Bertz CT molecular complexity index is 2220. The van der Waals surface area contributed by atoms with Gasteiger partial charge in [0.25, 0.3) is 0 Å². The number of rotatable bonds is 19.